The quantitative estimate of drug-likeness (QED) is 0.476. The van der Waals surface area contributed by atoms with Crippen molar-refractivity contribution in [1.29, 1.82) is 0 Å². The molecule has 9 heteroatoms. The minimum Gasteiger partial charge on any atom is -0.415 e. The van der Waals surface area contributed by atoms with Crippen LogP contribution in [0.25, 0.3) is 0 Å². The van der Waals surface area contributed by atoms with Crippen LogP contribution in [0.5, 0.6) is 0 Å². The van der Waals surface area contributed by atoms with Crippen LogP contribution in [0.1, 0.15) is 32.4 Å². The van der Waals surface area contributed by atoms with Crippen molar-refractivity contribution in [1.82, 2.24) is 15.3 Å². The lowest BCUT2D eigenvalue weighted by atomic mass is 10.0. The van der Waals surface area contributed by atoms with Crippen LogP contribution in [0, 0.1) is 0 Å². The molecule has 0 amide bonds. The lowest BCUT2D eigenvalue weighted by Gasteiger charge is -2.37. The molecule has 2 heterocycles. The maximum Gasteiger partial charge on any atom is 0.325 e. The maximum absolute atomic E-state index is 11.9. The van der Waals surface area contributed by atoms with E-state index in [1.807, 2.05) is 0 Å². The van der Waals surface area contributed by atoms with E-state index in [4.69, 9.17) is 4.43 Å². The van der Waals surface area contributed by atoms with Gasteiger partial charge < -0.3 is 24.9 Å². The second-order valence-corrected chi connectivity index (χ2v) is 12.6. The Balaban J connectivity index is 2.13. The fraction of sp³-hybridized carbons (Fsp3) is 0.733. The highest BCUT2D eigenvalue weighted by atomic mass is 28.4. The predicted octanol–water partition coefficient (Wildman–Crippen LogP) is -0.180. The van der Waals surface area contributed by atoms with E-state index in [0.717, 1.165) is 0 Å². The van der Waals surface area contributed by atoms with E-state index in [9.17, 15) is 19.8 Å². The van der Waals surface area contributed by atoms with Crippen LogP contribution >= 0.6 is 0 Å². The van der Waals surface area contributed by atoms with Crippen LogP contribution in [0.2, 0.25) is 18.1 Å². The molecule has 24 heavy (non-hydrogen) atoms. The molecule has 1 aromatic heterocycles. The predicted molar refractivity (Wildman–Crippen MR) is 92.5 cm³/mol. The molecule has 0 radical (unpaired) electrons. The average molecular weight is 357 g/mol. The number of aromatic amines is 2. The minimum atomic E-state index is -1.99. The summed E-state index contributed by atoms with van der Waals surface area (Å²) in [6, 6.07) is -1.26. The molecule has 1 aliphatic rings. The zero-order valence-electron chi connectivity index (χ0n) is 14.7. The van der Waals surface area contributed by atoms with Crippen LogP contribution < -0.4 is 16.6 Å². The zero-order chi connectivity index (χ0) is 18.3. The molecular weight excluding hydrogens is 330 g/mol. The summed E-state index contributed by atoms with van der Waals surface area (Å²) in [5, 5.41) is 23.6. The average Bonchev–Trinajstić information content (AvgIpc) is 2.72. The smallest absolute Gasteiger partial charge is 0.325 e. The molecule has 8 nitrogen and oxygen atoms in total. The van der Waals surface area contributed by atoms with Crippen molar-refractivity contribution in [2.75, 3.05) is 6.61 Å². The largest absolute Gasteiger partial charge is 0.415 e. The number of aromatic nitrogens is 2. The summed E-state index contributed by atoms with van der Waals surface area (Å²) in [6.07, 6.45) is -0.970. The second-order valence-electron chi connectivity index (χ2n) is 7.83. The van der Waals surface area contributed by atoms with Gasteiger partial charge >= 0.3 is 5.69 Å². The molecular formula is C15H27N3O5Si. The number of hydrogen-bond acceptors (Lipinski definition) is 6. The number of rotatable bonds is 4. The van der Waals surface area contributed by atoms with Crippen molar-refractivity contribution >= 4 is 8.32 Å². The van der Waals surface area contributed by atoms with Crippen molar-refractivity contribution in [2.24, 2.45) is 0 Å². The van der Waals surface area contributed by atoms with E-state index in [1.165, 1.54) is 6.20 Å². The molecule has 0 bridgehead atoms. The summed E-state index contributed by atoms with van der Waals surface area (Å²) in [5.74, 6) is 0. The molecule has 4 atom stereocenters. The molecule has 1 fully saturated rings. The highest BCUT2D eigenvalue weighted by Gasteiger charge is 2.45. The summed E-state index contributed by atoms with van der Waals surface area (Å²) in [7, 11) is -1.99. The first-order valence-electron chi connectivity index (χ1n) is 8.02. The summed E-state index contributed by atoms with van der Waals surface area (Å²) < 4.78 is 6.09. The fourth-order valence-electron chi connectivity index (χ4n) is 2.45. The van der Waals surface area contributed by atoms with Gasteiger partial charge in [-0.3, -0.25) is 9.78 Å². The van der Waals surface area contributed by atoms with E-state index >= 15 is 0 Å². The lowest BCUT2D eigenvalue weighted by Crippen LogP contribution is -2.46. The Morgan fingerprint density at radius 3 is 2.38 bits per heavy atom. The van der Waals surface area contributed by atoms with Gasteiger partial charge in [-0.25, -0.2) is 4.79 Å². The Kier molecular flexibility index (Phi) is 5.21. The van der Waals surface area contributed by atoms with E-state index < -0.39 is 43.9 Å². The van der Waals surface area contributed by atoms with Gasteiger partial charge in [-0.2, -0.15) is 0 Å². The molecule has 2 rings (SSSR count). The number of aliphatic hydroxyl groups is 2. The maximum atomic E-state index is 11.9. The van der Waals surface area contributed by atoms with Crippen LogP contribution in [0.3, 0.4) is 0 Å². The van der Waals surface area contributed by atoms with Crippen LogP contribution in [0.4, 0.5) is 0 Å². The Hall–Kier alpha value is -1.26. The SMILES string of the molecule is CC(C)(C)[Si](C)(C)OC[C@@H]1N[C@H](c2c[nH]c(=O)[nH]c2=O)[C@H](O)[C@@H]1O. The normalized spacial score (nSPS) is 28.3. The second kappa shape index (κ2) is 6.56. The topological polar surface area (TPSA) is 127 Å². The third kappa shape index (κ3) is 3.70. The molecule has 0 aliphatic carbocycles. The molecule has 0 aromatic carbocycles. The van der Waals surface area contributed by atoms with Crippen molar-refractivity contribution in [3.63, 3.8) is 0 Å². The molecule has 1 aliphatic heterocycles. The first-order chi connectivity index (χ1) is 10.9. The molecule has 0 saturated carbocycles. The van der Waals surface area contributed by atoms with Gasteiger partial charge in [0.1, 0.15) is 6.10 Å². The highest BCUT2D eigenvalue weighted by molar-refractivity contribution is 6.74. The van der Waals surface area contributed by atoms with Crippen molar-refractivity contribution in [3.05, 3.63) is 32.6 Å². The van der Waals surface area contributed by atoms with Gasteiger partial charge in [0.15, 0.2) is 8.32 Å². The zero-order valence-corrected chi connectivity index (χ0v) is 15.7. The summed E-state index contributed by atoms with van der Waals surface area (Å²) in [5.41, 5.74) is -1.03. The van der Waals surface area contributed by atoms with Gasteiger partial charge in [-0.1, -0.05) is 20.8 Å². The minimum absolute atomic E-state index is 0.0324. The number of nitrogens with one attached hydrogen (secondary N) is 3. The Bertz CT molecular complexity index is 693. The summed E-state index contributed by atoms with van der Waals surface area (Å²) in [6.45, 7) is 10.8. The van der Waals surface area contributed by atoms with Crippen LogP contribution in [-0.2, 0) is 4.43 Å². The lowest BCUT2D eigenvalue weighted by molar-refractivity contribution is 0.0201. The first kappa shape index (κ1) is 19.1. The monoisotopic (exact) mass is 357 g/mol. The van der Waals surface area contributed by atoms with Crippen molar-refractivity contribution in [3.8, 4) is 0 Å². The molecule has 136 valence electrons. The first-order valence-corrected chi connectivity index (χ1v) is 10.9. The van der Waals surface area contributed by atoms with E-state index in [2.05, 4.69) is 49.1 Å². The van der Waals surface area contributed by atoms with Gasteiger partial charge in [0.25, 0.3) is 5.56 Å². The van der Waals surface area contributed by atoms with Crippen molar-refractivity contribution in [2.45, 2.75) is 63.2 Å². The fourth-order valence-corrected chi connectivity index (χ4v) is 3.48. The van der Waals surface area contributed by atoms with Crippen LogP contribution in [0.15, 0.2) is 15.8 Å². The third-order valence-corrected chi connectivity index (χ3v) is 9.61. The molecule has 1 aromatic rings. The molecule has 1 saturated heterocycles. The summed E-state index contributed by atoms with van der Waals surface area (Å²) in [4.78, 5) is 27.5. The van der Waals surface area contributed by atoms with Gasteiger partial charge in [-0.05, 0) is 18.1 Å². The van der Waals surface area contributed by atoms with Gasteiger partial charge in [-0.15, -0.1) is 0 Å². The molecule has 0 unspecified atom stereocenters. The van der Waals surface area contributed by atoms with E-state index in [0.29, 0.717) is 0 Å². The third-order valence-electron chi connectivity index (χ3n) is 5.11. The van der Waals surface area contributed by atoms with Gasteiger partial charge in [0.2, 0.25) is 0 Å². The standard InChI is InChI=1S/C15H27N3O5Si/c1-15(2,3)24(4,5)23-7-9-11(19)12(20)10(17-9)8-6-16-14(22)18-13(8)21/h6,9-12,17,19-20H,7H2,1-5H3,(H2,16,18,21,22)/t9-,10+,11+,12-/m0/s1. The van der Waals surface area contributed by atoms with Gasteiger partial charge in [0, 0.05) is 6.20 Å². The molecule has 0 spiro atoms. The Morgan fingerprint density at radius 2 is 1.83 bits per heavy atom. The molecule has 5 N–H and O–H groups in total. The van der Waals surface area contributed by atoms with Crippen LogP contribution in [-0.4, -0.2) is 53.4 Å². The summed E-state index contributed by atoms with van der Waals surface area (Å²) >= 11 is 0. The number of hydrogen-bond donors (Lipinski definition) is 5. The highest BCUT2D eigenvalue weighted by Crippen LogP contribution is 2.37. The van der Waals surface area contributed by atoms with E-state index in [1.54, 1.807) is 0 Å². The Labute approximate surface area is 141 Å². The van der Waals surface area contributed by atoms with Gasteiger partial charge in [0.05, 0.1) is 30.4 Å². The Morgan fingerprint density at radius 1 is 1.21 bits per heavy atom. The number of H-pyrrole nitrogens is 2. The van der Waals surface area contributed by atoms with Crippen molar-refractivity contribution < 1.29 is 14.6 Å². The van der Waals surface area contributed by atoms with E-state index in [-0.39, 0.29) is 17.2 Å². The number of aliphatic hydroxyl groups excluding tert-OH is 2.